The van der Waals surface area contributed by atoms with Gasteiger partial charge in [0.25, 0.3) is 0 Å². The Morgan fingerprint density at radius 1 is 1.23 bits per heavy atom. The summed E-state index contributed by atoms with van der Waals surface area (Å²) in [6.07, 6.45) is 6.59. The molecule has 5 nitrogen and oxygen atoms in total. The van der Waals surface area contributed by atoms with Crippen LogP contribution in [-0.2, 0) is 13.0 Å². The molecule has 0 spiro atoms. The van der Waals surface area contributed by atoms with Gasteiger partial charge in [-0.25, -0.2) is 9.97 Å². The fourth-order valence-electron chi connectivity index (χ4n) is 4.19. The Bertz CT molecular complexity index is 754. The topological polar surface area (TPSA) is 44.3 Å². The second-order valence-electron chi connectivity index (χ2n) is 7.69. The molecule has 2 aromatic rings. The normalized spacial score (nSPS) is 19.9. The molecule has 1 unspecified atom stereocenters. The van der Waals surface area contributed by atoms with Gasteiger partial charge in [0, 0.05) is 51.4 Å². The molecule has 1 saturated heterocycles. The van der Waals surface area contributed by atoms with E-state index in [2.05, 4.69) is 63.4 Å². The summed E-state index contributed by atoms with van der Waals surface area (Å²) in [4.78, 5) is 13.6. The fraction of sp³-hybridized carbons (Fsp3) is 0.524. The molecule has 3 heterocycles. The molecular weight excluding hydrogens is 322 g/mol. The zero-order valence-electron chi connectivity index (χ0n) is 15.9. The number of benzene rings is 1. The molecular formula is C21H29N5. The van der Waals surface area contributed by atoms with Crippen LogP contribution in [0.4, 0.5) is 11.5 Å². The van der Waals surface area contributed by atoms with E-state index in [0.29, 0.717) is 5.92 Å². The van der Waals surface area contributed by atoms with Crippen LogP contribution in [0.5, 0.6) is 0 Å². The highest BCUT2D eigenvalue weighted by Crippen LogP contribution is 2.28. The molecule has 2 aliphatic heterocycles. The molecule has 2 aliphatic rings. The molecule has 138 valence electrons. The van der Waals surface area contributed by atoms with Gasteiger partial charge in [-0.2, -0.15) is 0 Å². The van der Waals surface area contributed by atoms with Crippen LogP contribution in [0.2, 0.25) is 0 Å². The molecule has 1 aromatic heterocycles. The Kier molecular flexibility index (Phi) is 5.07. The summed E-state index contributed by atoms with van der Waals surface area (Å²) >= 11 is 0. The molecule has 0 amide bonds. The molecule has 4 rings (SSSR count). The number of piperidine rings is 1. The lowest BCUT2D eigenvalue weighted by atomic mass is 9.96. The van der Waals surface area contributed by atoms with Gasteiger partial charge in [-0.3, -0.25) is 0 Å². The average Bonchev–Trinajstić information content (AvgIpc) is 2.69. The first kappa shape index (κ1) is 17.3. The van der Waals surface area contributed by atoms with E-state index >= 15 is 0 Å². The van der Waals surface area contributed by atoms with E-state index in [0.717, 1.165) is 32.0 Å². The smallest absolute Gasteiger partial charge is 0.132 e. The van der Waals surface area contributed by atoms with Gasteiger partial charge in [-0.15, -0.1) is 0 Å². The van der Waals surface area contributed by atoms with Crippen LogP contribution in [0.3, 0.4) is 0 Å². The van der Waals surface area contributed by atoms with Crippen molar-refractivity contribution in [2.75, 3.05) is 43.5 Å². The molecule has 0 saturated carbocycles. The Morgan fingerprint density at radius 3 is 3.00 bits per heavy atom. The Hall–Kier alpha value is -2.14. The van der Waals surface area contributed by atoms with Crippen LogP contribution in [0, 0.1) is 0 Å². The molecule has 0 radical (unpaired) electrons. The van der Waals surface area contributed by atoms with Gasteiger partial charge in [0.15, 0.2) is 0 Å². The predicted molar refractivity (Wildman–Crippen MR) is 107 cm³/mol. The molecule has 1 fully saturated rings. The van der Waals surface area contributed by atoms with Gasteiger partial charge in [0.05, 0.1) is 5.69 Å². The quantitative estimate of drug-likeness (QED) is 0.917. The van der Waals surface area contributed by atoms with Crippen LogP contribution in [-0.4, -0.2) is 43.7 Å². The van der Waals surface area contributed by atoms with Crippen molar-refractivity contribution in [2.45, 2.75) is 38.1 Å². The highest BCUT2D eigenvalue weighted by atomic mass is 15.2. The van der Waals surface area contributed by atoms with E-state index in [1.807, 2.05) is 0 Å². The monoisotopic (exact) mass is 351 g/mol. The number of hydrogen-bond acceptors (Lipinski definition) is 5. The predicted octanol–water partition coefficient (Wildman–Crippen LogP) is 2.96. The van der Waals surface area contributed by atoms with Crippen molar-refractivity contribution in [3.05, 3.63) is 47.4 Å². The van der Waals surface area contributed by atoms with Gasteiger partial charge in [-0.05, 0) is 49.4 Å². The average molecular weight is 351 g/mol. The fourth-order valence-corrected chi connectivity index (χ4v) is 4.19. The van der Waals surface area contributed by atoms with Crippen LogP contribution in [0.1, 0.15) is 42.0 Å². The molecule has 0 bridgehead atoms. The van der Waals surface area contributed by atoms with Crippen molar-refractivity contribution >= 4 is 11.5 Å². The SMILES string of the molecule is CN(Cc1ccc2c(c1)CCCN2C)c1cc(C2CCCNC2)ncn1. The van der Waals surface area contributed by atoms with Gasteiger partial charge in [0.1, 0.15) is 12.1 Å². The highest BCUT2D eigenvalue weighted by Gasteiger charge is 2.18. The van der Waals surface area contributed by atoms with E-state index in [4.69, 9.17) is 0 Å². The van der Waals surface area contributed by atoms with Crippen LogP contribution in [0.15, 0.2) is 30.6 Å². The minimum absolute atomic E-state index is 0.512. The second kappa shape index (κ2) is 7.62. The van der Waals surface area contributed by atoms with Gasteiger partial charge < -0.3 is 15.1 Å². The second-order valence-corrected chi connectivity index (χ2v) is 7.69. The summed E-state index contributed by atoms with van der Waals surface area (Å²) in [6, 6.07) is 9.07. The summed E-state index contributed by atoms with van der Waals surface area (Å²) in [5.74, 6) is 1.52. The van der Waals surface area contributed by atoms with E-state index in [-0.39, 0.29) is 0 Å². The van der Waals surface area contributed by atoms with Crippen LogP contribution in [0.25, 0.3) is 0 Å². The molecule has 26 heavy (non-hydrogen) atoms. The van der Waals surface area contributed by atoms with Gasteiger partial charge in [-0.1, -0.05) is 12.1 Å². The lowest BCUT2D eigenvalue weighted by molar-refractivity contribution is 0.454. The van der Waals surface area contributed by atoms with E-state index < -0.39 is 0 Å². The maximum absolute atomic E-state index is 4.54. The third-order valence-corrected chi connectivity index (χ3v) is 5.69. The minimum Gasteiger partial charge on any atom is -0.374 e. The van der Waals surface area contributed by atoms with E-state index in [9.17, 15) is 0 Å². The number of aryl methyl sites for hydroxylation is 1. The Labute approximate surface area is 156 Å². The van der Waals surface area contributed by atoms with Crippen LogP contribution < -0.4 is 15.1 Å². The summed E-state index contributed by atoms with van der Waals surface area (Å²) < 4.78 is 0. The summed E-state index contributed by atoms with van der Waals surface area (Å²) in [6.45, 7) is 4.18. The first-order chi connectivity index (χ1) is 12.7. The van der Waals surface area contributed by atoms with Crippen LogP contribution >= 0.6 is 0 Å². The molecule has 1 aromatic carbocycles. The molecule has 0 aliphatic carbocycles. The maximum Gasteiger partial charge on any atom is 0.132 e. The number of aromatic nitrogens is 2. The number of rotatable bonds is 4. The molecule has 1 atom stereocenters. The van der Waals surface area contributed by atoms with Gasteiger partial charge >= 0.3 is 0 Å². The largest absolute Gasteiger partial charge is 0.374 e. The summed E-state index contributed by atoms with van der Waals surface area (Å²) in [7, 11) is 4.31. The zero-order chi connectivity index (χ0) is 17.9. The first-order valence-corrected chi connectivity index (χ1v) is 9.77. The molecule has 5 heteroatoms. The third-order valence-electron chi connectivity index (χ3n) is 5.69. The first-order valence-electron chi connectivity index (χ1n) is 9.77. The Morgan fingerprint density at radius 2 is 2.15 bits per heavy atom. The van der Waals surface area contributed by atoms with E-state index in [1.165, 1.54) is 48.2 Å². The van der Waals surface area contributed by atoms with Crippen molar-refractivity contribution < 1.29 is 0 Å². The summed E-state index contributed by atoms with van der Waals surface area (Å²) in [5, 5.41) is 3.48. The third kappa shape index (κ3) is 3.68. The summed E-state index contributed by atoms with van der Waals surface area (Å²) in [5.41, 5.74) is 5.38. The maximum atomic E-state index is 4.54. The van der Waals surface area contributed by atoms with Gasteiger partial charge in [0.2, 0.25) is 0 Å². The number of fused-ring (bicyclic) bond motifs is 1. The number of hydrogen-bond donors (Lipinski definition) is 1. The minimum atomic E-state index is 0.512. The zero-order valence-corrected chi connectivity index (χ0v) is 15.9. The van der Waals surface area contributed by atoms with Crippen molar-refractivity contribution in [2.24, 2.45) is 0 Å². The van der Waals surface area contributed by atoms with Crippen molar-refractivity contribution in [3.63, 3.8) is 0 Å². The Balaban J connectivity index is 1.49. The highest BCUT2D eigenvalue weighted by molar-refractivity contribution is 5.56. The van der Waals surface area contributed by atoms with Crippen molar-refractivity contribution in [3.8, 4) is 0 Å². The van der Waals surface area contributed by atoms with Crippen molar-refractivity contribution in [1.82, 2.24) is 15.3 Å². The van der Waals surface area contributed by atoms with E-state index in [1.54, 1.807) is 6.33 Å². The van der Waals surface area contributed by atoms with Crippen molar-refractivity contribution in [1.29, 1.82) is 0 Å². The lowest BCUT2D eigenvalue weighted by Gasteiger charge is -2.28. The number of anilines is 2. The number of nitrogens with one attached hydrogen (secondary N) is 1. The molecule has 1 N–H and O–H groups in total. The lowest BCUT2D eigenvalue weighted by Crippen LogP contribution is -2.29. The number of nitrogens with zero attached hydrogens (tertiary/aromatic N) is 4. The standard InChI is InChI=1S/C21H29N5/c1-25-10-4-6-17-11-16(7-8-20(17)25)14-26(2)21-12-19(23-15-24-21)18-5-3-9-22-13-18/h7-8,11-12,15,18,22H,3-6,9-10,13-14H2,1-2H3.